The predicted octanol–water partition coefficient (Wildman–Crippen LogP) is 2.30. The average Bonchev–Trinajstić information content (AvgIpc) is 2.89. The number of hydrogen-bond donors (Lipinski definition) is 1. The van der Waals surface area contributed by atoms with Gasteiger partial charge in [-0.25, -0.2) is 0 Å². The Morgan fingerprint density at radius 2 is 1.90 bits per heavy atom. The van der Waals surface area contributed by atoms with Gasteiger partial charge in [-0.15, -0.1) is 0 Å². The van der Waals surface area contributed by atoms with E-state index in [1.54, 1.807) is 14.2 Å². The lowest BCUT2D eigenvalue weighted by atomic mass is 10.1. The maximum Gasteiger partial charge on any atom is 0.102 e. The Hall–Kier alpha value is -0.810. The van der Waals surface area contributed by atoms with Crippen molar-refractivity contribution in [1.29, 1.82) is 0 Å². The molecule has 4 nitrogen and oxygen atoms in total. The quantitative estimate of drug-likeness (QED) is 0.874. The fraction of sp³-hybridized carbons (Fsp3) is 0.600. The summed E-state index contributed by atoms with van der Waals surface area (Å²) in [6.45, 7) is 5.55. The molecule has 0 radical (unpaired) electrons. The van der Waals surface area contributed by atoms with Gasteiger partial charge in [0.1, 0.15) is 12.2 Å². The van der Waals surface area contributed by atoms with E-state index < -0.39 is 0 Å². The van der Waals surface area contributed by atoms with Gasteiger partial charge in [0.15, 0.2) is 0 Å². The summed E-state index contributed by atoms with van der Waals surface area (Å²) in [5.41, 5.74) is 2.42. The molecule has 2 unspecified atom stereocenters. The van der Waals surface area contributed by atoms with Crippen molar-refractivity contribution in [2.75, 3.05) is 38.8 Å². The van der Waals surface area contributed by atoms with Gasteiger partial charge in [0, 0.05) is 44.6 Å². The van der Waals surface area contributed by atoms with Crippen LogP contribution in [0, 0.1) is 0 Å². The lowest BCUT2D eigenvalue weighted by Gasteiger charge is -2.22. The minimum absolute atomic E-state index is 0.103. The van der Waals surface area contributed by atoms with E-state index in [0.717, 1.165) is 31.2 Å². The maximum atomic E-state index is 6.16. The summed E-state index contributed by atoms with van der Waals surface area (Å²) in [4.78, 5) is 2.29. The summed E-state index contributed by atoms with van der Waals surface area (Å²) in [5, 5.41) is 4.13. The zero-order valence-corrected chi connectivity index (χ0v) is 13.1. The zero-order valence-electron chi connectivity index (χ0n) is 12.4. The van der Waals surface area contributed by atoms with Gasteiger partial charge in [-0.05, 0) is 24.2 Å². The van der Waals surface area contributed by atoms with E-state index in [1.807, 2.05) is 12.1 Å². The molecule has 1 fully saturated rings. The summed E-state index contributed by atoms with van der Waals surface area (Å²) in [5.74, 6) is 0. The summed E-state index contributed by atoms with van der Waals surface area (Å²) in [6.07, 6.45) is 0.205. The van der Waals surface area contributed by atoms with Gasteiger partial charge < -0.3 is 19.7 Å². The molecule has 112 valence electrons. The number of methoxy groups -OCH3 is 2. The minimum Gasteiger partial charge on any atom is -0.377 e. The molecule has 0 saturated carbocycles. The van der Waals surface area contributed by atoms with Crippen molar-refractivity contribution in [2.45, 2.75) is 25.7 Å². The Bertz CT molecular complexity index is 430. The molecule has 2 rings (SSSR count). The van der Waals surface area contributed by atoms with E-state index in [0.29, 0.717) is 0 Å². The molecule has 0 amide bonds. The molecular formula is C15H23ClN2O2. The molecule has 0 spiro atoms. The highest BCUT2D eigenvalue weighted by molar-refractivity contribution is 6.30. The van der Waals surface area contributed by atoms with Crippen LogP contribution in [0.15, 0.2) is 18.2 Å². The first kappa shape index (κ1) is 15.6. The molecule has 1 heterocycles. The lowest BCUT2D eigenvalue weighted by Crippen LogP contribution is -2.27. The number of nitrogens with zero attached hydrogens (tertiary/aromatic N) is 1. The molecule has 1 N–H and O–H groups in total. The van der Waals surface area contributed by atoms with Gasteiger partial charge in [-0.1, -0.05) is 24.6 Å². The van der Waals surface area contributed by atoms with E-state index in [1.165, 1.54) is 11.3 Å². The number of halogens is 1. The van der Waals surface area contributed by atoms with Crippen LogP contribution in [0.1, 0.15) is 12.5 Å². The van der Waals surface area contributed by atoms with Gasteiger partial charge in [0.2, 0.25) is 0 Å². The number of anilines is 1. The lowest BCUT2D eigenvalue weighted by molar-refractivity contribution is -0.00461. The monoisotopic (exact) mass is 298 g/mol. The second kappa shape index (κ2) is 7.27. The summed E-state index contributed by atoms with van der Waals surface area (Å²) in [6, 6.07) is 6.05. The van der Waals surface area contributed by atoms with Gasteiger partial charge in [-0.2, -0.15) is 0 Å². The minimum atomic E-state index is 0.103. The topological polar surface area (TPSA) is 33.7 Å². The Labute approximate surface area is 126 Å². The zero-order chi connectivity index (χ0) is 14.5. The highest BCUT2D eigenvalue weighted by Gasteiger charge is 2.33. The van der Waals surface area contributed by atoms with Crippen molar-refractivity contribution in [3.05, 3.63) is 28.8 Å². The fourth-order valence-corrected chi connectivity index (χ4v) is 2.80. The van der Waals surface area contributed by atoms with E-state index in [2.05, 4.69) is 23.2 Å². The molecule has 0 aliphatic carbocycles. The highest BCUT2D eigenvalue weighted by atomic mass is 35.5. The standard InChI is InChI=1S/C15H23ClN2O2/c1-4-17-8-11-5-6-12(16)7-13(11)18-9-14(19-2)15(10-18)20-3/h5-7,14-15,17H,4,8-10H2,1-3H3. The molecule has 1 aliphatic heterocycles. The molecule has 20 heavy (non-hydrogen) atoms. The molecule has 1 aromatic carbocycles. The highest BCUT2D eigenvalue weighted by Crippen LogP contribution is 2.29. The summed E-state index contributed by atoms with van der Waals surface area (Å²) < 4.78 is 11.0. The first-order chi connectivity index (χ1) is 9.69. The largest absolute Gasteiger partial charge is 0.377 e. The maximum absolute atomic E-state index is 6.16. The van der Waals surface area contributed by atoms with Gasteiger partial charge >= 0.3 is 0 Å². The first-order valence-electron chi connectivity index (χ1n) is 6.99. The third kappa shape index (κ3) is 3.44. The normalized spacial score (nSPS) is 22.5. The third-order valence-corrected chi connectivity index (χ3v) is 4.01. The van der Waals surface area contributed by atoms with Crippen LogP contribution in [0.25, 0.3) is 0 Å². The number of hydrogen-bond acceptors (Lipinski definition) is 4. The molecule has 5 heteroatoms. The SMILES string of the molecule is CCNCc1ccc(Cl)cc1N1CC(OC)C(OC)C1. The molecule has 1 aromatic rings. The number of nitrogens with one attached hydrogen (secondary N) is 1. The van der Waals surface area contributed by atoms with E-state index in [-0.39, 0.29) is 12.2 Å². The van der Waals surface area contributed by atoms with Crippen molar-refractivity contribution >= 4 is 17.3 Å². The molecule has 1 aliphatic rings. The fourth-order valence-electron chi connectivity index (χ4n) is 2.63. The molecule has 0 bridgehead atoms. The summed E-state index contributed by atoms with van der Waals surface area (Å²) >= 11 is 6.16. The summed E-state index contributed by atoms with van der Waals surface area (Å²) in [7, 11) is 3.47. The number of benzene rings is 1. The van der Waals surface area contributed by atoms with Crippen molar-refractivity contribution in [3.63, 3.8) is 0 Å². The van der Waals surface area contributed by atoms with Crippen LogP contribution < -0.4 is 10.2 Å². The molecular weight excluding hydrogens is 276 g/mol. The third-order valence-electron chi connectivity index (χ3n) is 3.77. The van der Waals surface area contributed by atoms with Gasteiger partial charge in [0.05, 0.1) is 0 Å². The van der Waals surface area contributed by atoms with Crippen molar-refractivity contribution < 1.29 is 9.47 Å². The van der Waals surface area contributed by atoms with Crippen molar-refractivity contribution in [2.24, 2.45) is 0 Å². The van der Waals surface area contributed by atoms with Crippen LogP contribution in [-0.4, -0.2) is 46.1 Å². The molecule has 0 aromatic heterocycles. The van der Waals surface area contributed by atoms with Crippen LogP contribution >= 0.6 is 11.6 Å². The van der Waals surface area contributed by atoms with Crippen LogP contribution in [-0.2, 0) is 16.0 Å². The Kier molecular flexibility index (Phi) is 5.66. The Morgan fingerprint density at radius 1 is 1.25 bits per heavy atom. The van der Waals surface area contributed by atoms with E-state index in [4.69, 9.17) is 21.1 Å². The van der Waals surface area contributed by atoms with Crippen LogP contribution in [0.4, 0.5) is 5.69 Å². The number of rotatable bonds is 6. The average molecular weight is 299 g/mol. The van der Waals surface area contributed by atoms with Crippen molar-refractivity contribution in [1.82, 2.24) is 5.32 Å². The predicted molar refractivity (Wildman–Crippen MR) is 82.6 cm³/mol. The van der Waals surface area contributed by atoms with Crippen LogP contribution in [0.3, 0.4) is 0 Å². The van der Waals surface area contributed by atoms with E-state index in [9.17, 15) is 0 Å². The van der Waals surface area contributed by atoms with Crippen molar-refractivity contribution in [3.8, 4) is 0 Å². The first-order valence-corrected chi connectivity index (χ1v) is 7.37. The van der Waals surface area contributed by atoms with E-state index >= 15 is 0 Å². The molecule has 2 atom stereocenters. The van der Waals surface area contributed by atoms with Gasteiger partial charge in [-0.3, -0.25) is 0 Å². The smallest absolute Gasteiger partial charge is 0.102 e. The second-order valence-corrected chi connectivity index (χ2v) is 5.44. The number of ether oxygens (including phenoxy) is 2. The molecule has 1 saturated heterocycles. The Balaban J connectivity index is 2.21. The van der Waals surface area contributed by atoms with Gasteiger partial charge in [0.25, 0.3) is 0 Å². The van der Waals surface area contributed by atoms with Crippen LogP contribution in [0.2, 0.25) is 5.02 Å². The Morgan fingerprint density at radius 3 is 2.45 bits per heavy atom. The second-order valence-electron chi connectivity index (χ2n) is 5.01. The van der Waals surface area contributed by atoms with Crippen LogP contribution in [0.5, 0.6) is 0 Å².